The molecule has 3 amide bonds. The number of carbonyl (C=O) groups is 4. The number of alkyl carbamates (subject to hydrolysis) is 1. The summed E-state index contributed by atoms with van der Waals surface area (Å²) < 4.78 is 22.8. The van der Waals surface area contributed by atoms with Crippen LogP contribution < -0.4 is 24.8 Å². The second-order valence-electron chi connectivity index (χ2n) is 14.9. The van der Waals surface area contributed by atoms with Crippen molar-refractivity contribution in [2.24, 2.45) is 11.1 Å². The summed E-state index contributed by atoms with van der Waals surface area (Å²) in [6.07, 6.45) is 10.0. The first-order valence-corrected chi connectivity index (χ1v) is 18.1. The van der Waals surface area contributed by atoms with Gasteiger partial charge in [-0.2, -0.15) is 0 Å². The molecule has 3 heterocycles. The van der Waals surface area contributed by atoms with Crippen molar-refractivity contribution in [2.75, 3.05) is 20.8 Å². The number of hydrogen-bond donors (Lipinski definition) is 3. The maximum absolute atomic E-state index is 14.3. The third kappa shape index (κ3) is 8.04. The van der Waals surface area contributed by atoms with E-state index >= 15 is 0 Å². The number of allylic oxidation sites excluding steroid dienone is 1. The van der Waals surface area contributed by atoms with E-state index < -0.39 is 53.2 Å². The third-order valence-electron chi connectivity index (χ3n) is 10.6. The Morgan fingerprint density at radius 3 is 2.47 bits per heavy atom. The topological polar surface area (TPSA) is 174 Å². The number of hydrogen-bond acceptors (Lipinski definition) is 10. The van der Waals surface area contributed by atoms with Crippen molar-refractivity contribution in [1.82, 2.24) is 15.5 Å². The van der Waals surface area contributed by atoms with Gasteiger partial charge < -0.3 is 44.4 Å². The van der Waals surface area contributed by atoms with Gasteiger partial charge in [-0.25, -0.2) is 9.59 Å². The fourth-order valence-electron chi connectivity index (χ4n) is 7.69. The summed E-state index contributed by atoms with van der Waals surface area (Å²) in [4.78, 5) is 61.3. The Morgan fingerprint density at radius 2 is 1.75 bits per heavy atom. The minimum atomic E-state index is -1.44. The molecule has 1 saturated heterocycles. The summed E-state index contributed by atoms with van der Waals surface area (Å²) >= 11 is 0. The molecule has 3 fully saturated rings. The fraction of sp³-hybridized carbons (Fsp3) is 0.649. The molecule has 14 heteroatoms. The van der Waals surface area contributed by atoms with E-state index in [-0.39, 0.29) is 31.4 Å². The lowest BCUT2D eigenvalue weighted by atomic mass is 9.92. The Morgan fingerprint density at radius 1 is 1.02 bits per heavy atom. The Hall–Kier alpha value is -4.49. The smallest absolute Gasteiger partial charge is 0.408 e. The molecule has 51 heavy (non-hydrogen) atoms. The van der Waals surface area contributed by atoms with Crippen molar-refractivity contribution in [3.63, 3.8) is 0 Å². The van der Waals surface area contributed by atoms with Crippen LogP contribution in [0.1, 0.15) is 96.5 Å². The van der Waals surface area contributed by atoms with E-state index in [0.29, 0.717) is 47.8 Å². The van der Waals surface area contributed by atoms with Crippen LogP contribution in [0.2, 0.25) is 0 Å². The van der Waals surface area contributed by atoms with Crippen LogP contribution in [0.25, 0.3) is 0 Å². The standard InChI is InChI=1S/C37H50N4O10/c1-36(2)20-27(25-17-30(47-3)31(48-4)18-29(25)50-36)40-51-24-16-28-32(42)39-37(34(44)45)19-22(37)12-8-6-5-7-9-15-26(33(43)41(28)21-24)38-35(46)49-23-13-10-11-14-23/h8,12,17-18,22-24,26,28H,5-7,9-11,13-16,19-21H2,1-4H3,(H,38,46)(H,39,42)(H,44,45)/b12-8-,40-27+/t22-,24-,26+,28+,37+/m1/s1. The molecule has 5 aliphatic rings. The van der Waals surface area contributed by atoms with Crippen LogP contribution in [0.15, 0.2) is 29.4 Å². The summed E-state index contributed by atoms with van der Waals surface area (Å²) in [5.74, 6) is -0.959. The van der Waals surface area contributed by atoms with Crippen LogP contribution >= 0.6 is 0 Å². The maximum atomic E-state index is 14.3. The first-order valence-electron chi connectivity index (χ1n) is 18.1. The molecule has 2 aliphatic carbocycles. The number of fused-ring (bicyclic) bond motifs is 3. The van der Waals surface area contributed by atoms with E-state index in [4.69, 9.17) is 23.8 Å². The van der Waals surface area contributed by atoms with Gasteiger partial charge in [0.15, 0.2) is 11.5 Å². The van der Waals surface area contributed by atoms with Crippen molar-refractivity contribution in [2.45, 2.75) is 126 Å². The van der Waals surface area contributed by atoms with Gasteiger partial charge in [-0.3, -0.25) is 9.59 Å². The second-order valence-corrected chi connectivity index (χ2v) is 14.9. The zero-order chi connectivity index (χ0) is 36.3. The number of amides is 3. The summed E-state index contributed by atoms with van der Waals surface area (Å²) in [5, 5.41) is 20.3. The van der Waals surface area contributed by atoms with E-state index in [2.05, 4.69) is 15.8 Å². The molecule has 1 aromatic carbocycles. The maximum Gasteiger partial charge on any atom is 0.408 e. The van der Waals surface area contributed by atoms with E-state index in [1.54, 1.807) is 19.2 Å². The molecule has 3 N–H and O–H groups in total. The highest BCUT2D eigenvalue weighted by atomic mass is 16.6. The number of carboxylic acid groups (broad SMARTS) is 1. The van der Waals surface area contributed by atoms with Gasteiger partial charge in [0.1, 0.15) is 41.2 Å². The number of ether oxygens (including phenoxy) is 4. The SMILES string of the molecule is COc1cc2c(cc1OC)/C(=N/O[C@@H]1C[C@H]3C(=O)N[C@@]4(C(=O)O)C[C@H]4/C=C\CCCCC[C@H](NC(=O)OC4CCCC4)C(=O)N3C1)CC(C)(C)O2. The highest BCUT2D eigenvalue weighted by Crippen LogP contribution is 2.46. The number of carbonyl (C=O) groups excluding carboxylic acids is 3. The summed E-state index contributed by atoms with van der Waals surface area (Å²) in [7, 11) is 3.08. The lowest BCUT2D eigenvalue weighted by molar-refractivity contribution is -0.145. The molecule has 3 aliphatic heterocycles. The molecule has 6 rings (SSSR count). The molecular formula is C37H50N4O10. The zero-order valence-electron chi connectivity index (χ0n) is 29.9. The number of nitrogens with zero attached hydrogens (tertiary/aromatic N) is 2. The van der Waals surface area contributed by atoms with Crippen LogP contribution in [0.4, 0.5) is 4.79 Å². The largest absolute Gasteiger partial charge is 0.493 e. The molecule has 2 saturated carbocycles. The summed E-state index contributed by atoms with van der Waals surface area (Å²) in [6.45, 7) is 3.87. The van der Waals surface area contributed by atoms with Crippen LogP contribution in [-0.2, 0) is 24.0 Å². The van der Waals surface area contributed by atoms with Gasteiger partial charge in [0.05, 0.1) is 26.5 Å². The number of oxime groups is 1. The van der Waals surface area contributed by atoms with Gasteiger partial charge in [0.25, 0.3) is 0 Å². The van der Waals surface area contributed by atoms with Gasteiger partial charge in [0.2, 0.25) is 11.8 Å². The third-order valence-corrected chi connectivity index (χ3v) is 10.6. The van der Waals surface area contributed by atoms with Gasteiger partial charge in [-0.15, -0.1) is 0 Å². The predicted octanol–water partition coefficient (Wildman–Crippen LogP) is 4.47. The van der Waals surface area contributed by atoms with E-state index in [0.717, 1.165) is 44.9 Å². The van der Waals surface area contributed by atoms with Crippen LogP contribution in [0.3, 0.4) is 0 Å². The highest BCUT2D eigenvalue weighted by molar-refractivity contribution is 6.04. The monoisotopic (exact) mass is 710 g/mol. The van der Waals surface area contributed by atoms with Gasteiger partial charge in [-0.05, 0) is 71.3 Å². The number of nitrogens with one attached hydrogen (secondary N) is 2. The summed E-state index contributed by atoms with van der Waals surface area (Å²) in [5.41, 5.74) is -0.810. The lowest BCUT2D eigenvalue weighted by Gasteiger charge is -2.33. The Labute approximate surface area is 298 Å². The normalized spacial score (nSPS) is 30.7. The number of benzene rings is 1. The van der Waals surface area contributed by atoms with E-state index in [9.17, 15) is 24.3 Å². The molecule has 0 spiro atoms. The van der Waals surface area contributed by atoms with Crippen molar-refractivity contribution >= 4 is 29.6 Å². The molecule has 0 unspecified atom stereocenters. The molecule has 0 bridgehead atoms. The van der Waals surface area contributed by atoms with Gasteiger partial charge in [0, 0.05) is 30.4 Å². The highest BCUT2D eigenvalue weighted by Gasteiger charge is 2.61. The van der Waals surface area contributed by atoms with Gasteiger partial charge in [-0.1, -0.05) is 30.1 Å². The lowest BCUT2D eigenvalue weighted by Crippen LogP contribution is -2.56. The Kier molecular flexibility index (Phi) is 10.7. The predicted molar refractivity (Wildman–Crippen MR) is 185 cm³/mol. The Bertz CT molecular complexity index is 1570. The fourth-order valence-corrected chi connectivity index (χ4v) is 7.69. The molecule has 278 valence electrons. The molecule has 5 atom stereocenters. The number of methoxy groups -OCH3 is 2. The number of rotatable bonds is 7. The minimum absolute atomic E-state index is 0.00559. The van der Waals surface area contributed by atoms with Crippen molar-refractivity contribution < 1.29 is 48.1 Å². The van der Waals surface area contributed by atoms with Crippen molar-refractivity contribution in [1.29, 1.82) is 0 Å². The molecule has 0 radical (unpaired) electrons. The minimum Gasteiger partial charge on any atom is -0.493 e. The average Bonchev–Trinajstić information content (AvgIpc) is 3.37. The Balaban J connectivity index is 1.27. The molecule has 0 aromatic heterocycles. The van der Waals surface area contributed by atoms with Gasteiger partial charge >= 0.3 is 12.1 Å². The molecular weight excluding hydrogens is 660 g/mol. The molecule has 14 nitrogen and oxygen atoms in total. The first-order chi connectivity index (χ1) is 24.4. The summed E-state index contributed by atoms with van der Waals surface area (Å²) in [6, 6.07) is 1.53. The second kappa shape index (κ2) is 15.0. The van der Waals surface area contributed by atoms with E-state index in [1.807, 2.05) is 26.0 Å². The first kappa shape index (κ1) is 36.3. The zero-order valence-corrected chi connectivity index (χ0v) is 29.9. The quantitative estimate of drug-likeness (QED) is 0.271. The number of carboxylic acids is 1. The molecule has 1 aromatic rings. The van der Waals surface area contributed by atoms with Crippen LogP contribution in [-0.4, -0.2) is 95.8 Å². The van der Waals surface area contributed by atoms with Crippen LogP contribution in [0.5, 0.6) is 17.2 Å². The van der Waals surface area contributed by atoms with E-state index in [1.165, 1.54) is 12.0 Å². The number of aliphatic carboxylic acids is 1. The van der Waals surface area contributed by atoms with Crippen molar-refractivity contribution in [3.05, 3.63) is 29.8 Å². The van der Waals surface area contributed by atoms with Crippen molar-refractivity contribution in [3.8, 4) is 17.2 Å². The average molecular weight is 711 g/mol. The van der Waals surface area contributed by atoms with Crippen LogP contribution in [0, 0.1) is 5.92 Å².